The molecule has 1 heterocycles. The van der Waals surface area contributed by atoms with Crippen LogP contribution in [0.2, 0.25) is 10.0 Å². The summed E-state index contributed by atoms with van der Waals surface area (Å²) in [5, 5.41) is 15.2. The Morgan fingerprint density at radius 1 is 1.19 bits per heavy atom. The average Bonchev–Trinajstić information content (AvgIpc) is 2.76. The Morgan fingerprint density at radius 3 is 2.68 bits per heavy atom. The second kappa shape index (κ2) is 9.37. The van der Waals surface area contributed by atoms with Crippen molar-refractivity contribution < 1.29 is 14.6 Å². The smallest absolute Gasteiger partial charge is 0.238 e. The summed E-state index contributed by atoms with van der Waals surface area (Å²) in [5.74, 6) is 0.749. The second-order valence-electron chi connectivity index (χ2n) is 8.57. The lowest BCUT2D eigenvalue weighted by Gasteiger charge is -2.52. The highest BCUT2D eigenvalue weighted by molar-refractivity contribution is 6.36. The van der Waals surface area contributed by atoms with Gasteiger partial charge in [0.15, 0.2) is 0 Å². The van der Waals surface area contributed by atoms with E-state index in [9.17, 15) is 9.90 Å². The number of piperidine rings is 1. The molecule has 0 aromatic heterocycles. The highest BCUT2D eigenvalue weighted by Crippen LogP contribution is 2.49. The minimum Gasteiger partial charge on any atom is -0.497 e. The Morgan fingerprint density at radius 2 is 1.97 bits per heavy atom. The third-order valence-electron chi connectivity index (χ3n) is 6.68. The van der Waals surface area contributed by atoms with E-state index in [1.165, 1.54) is 0 Å². The van der Waals surface area contributed by atoms with Crippen molar-refractivity contribution >= 4 is 34.8 Å². The summed E-state index contributed by atoms with van der Waals surface area (Å²) < 4.78 is 5.31. The summed E-state index contributed by atoms with van der Waals surface area (Å²) in [7, 11) is 1.65. The highest BCUT2D eigenvalue weighted by atomic mass is 35.5. The number of amides is 1. The number of aliphatic hydroxyl groups is 1. The van der Waals surface area contributed by atoms with E-state index in [-0.39, 0.29) is 24.4 Å². The van der Waals surface area contributed by atoms with Crippen LogP contribution in [-0.2, 0) is 4.79 Å². The van der Waals surface area contributed by atoms with Gasteiger partial charge in [0.2, 0.25) is 5.91 Å². The molecule has 5 nitrogen and oxygen atoms in total. The molecule has 166 valence electrons. The van der Waals surface area contributed by atoms with E-state index in [0.29, 0.717) is 28.7 Å². The minimum absolute atomic E-state index is 0.0311. The molecule has 1 saturated carbocycles. The molecular weight excluding hydrogens is 435 g/mol. The molecule has 1 saturated heterocycles. The number of halogens is 2. The van der Waals surface area contributed by atoms with Gasteiger partial charge in [-0.1, -0.05) is 48.2 Å². The largest absolute Gasteiger partial charge is 0.497 e. The number of hydrogen-bond acceptors (Lipinski definition) is 4. The number of carbonyl (C=O) groups is 1. The van der Waals surface area contributed by atoms with Crippen LogP contribution in [-0.4, -0.2) is 41.7 Å². The van der Waals surface area contributed by atoms with E-state index in [2.05, 4.69) is 10.2 Å². The van der Waals surface area contributed by atoms with Crippen molar-refractivity contribution in [1.29, 1.82) is 0 Å². The Kier molecular flexibility index (Phi) is 6.77. The van der Waals surface area contributed by atoms with Gasteiger partial charge in [-0.15, -0.1) is 0 Å². The van der Waals surface area contributed by atoms with Crippen LogP contribution in [0.4, 0.5) is 5.69 Å². The molecule has 7 heteroatoms. The number of carbonyl (C=O) groups excluding carboxylic acids is 1. The standard InChI is InChI=1S/C24H28Cl2N2O3/c1-31-18-8-5-16(6-9-18)23-19-4-2-3-11-24(19,30)12-13-28(23)15-22(29)27-21-10-7-17(25)14-20(21)26/h5-10,14,19,23,30H,2-4,11-13,15H2,1H3,(H,27,29)/t19-,23-,24+/m0/s1. The molecule has 31 heavy (non-hydrogen) atoms. The van der Waals surface area contributed by atoms with Crippen molar-refractivity contribution in [1.82, 2.24) is 4.90 Å². The summed E-state index contributed by atoms with van der Waals surface area (Å²) in [6.07, 6.45) is 4.61. The number of hydrogen-bond donors (Lipinski definition) is 2. The second-order valence-corrected chi connectivity index (χ2v) is 9.41. The maximum absolute atomic E-state index is 12.9. The number of anilines is 1. The first-order chi connectivity index (χ1) is 14.9. The van der Waals surface area contributed by atoms with Crippen LogP contribution in [0.1, 0.15) is 43.7 Å². The first-order valence-electron chi connectivity index (χ1n) is 10.7. The van der Waals surface area contributed by atoms with Crippen molar-refractivity contribution in [2.24, 2.45) is 5.92 Å². The number of likely N-dealkylation sites (tertiary alicyclic amines) is 1. The fraction of sp³-hybridized carbons (Fsp3) is 0.458. The summed E-state index contributed by atoms with van der Waals surface area (Å²) in [6.45, 7) is 0.883. The van der Waals surface area contributed by atoms with Crippen LogP contribution in [0.25, 0.3) is 0 Å². The van der Waals surface area contributed by atoms with Crippen LogP contribution in [0.3, 0.4) is 0 Å². The number of nitrogens with zero attached hydrogens (tertiary/aromatic N) is 1. The van der Waals surface area contributed by atoms with Gasteiger partial charge in [0.05, 0.1) is 30.0 Å². The van der Waals surface area contributed by atoms with Crippen LogP contribution in [0, 0.1) is 5.92 Å². The molecule has 2 N–H and O–H groups in total. The molecule has 2 aromatic carbocycles. The van der Waals surface area contributed by atoms with E-state index in [0.717, 1.165) is 37.0 Å². The van der Waals surface area contributed by atoms with Crippen LogP contribution in [0.5, 0.6) is 5.75 Å². The number of benzene rings is 2. The lowest BCUT2D eigenvalue weighted by Crippen LogP contribution is -2.56. The first kappa shape index (κ1) is 22.4. The average molecular weight is 463 g/mol. The molecular formula is C24H28Cl2N2O3. The van der Waals surface area contributed by atoms with E-state index < -0.39 is 5.60 Å². The van der Waals surface area contributed by atoms with Gasteiger partial charge in [0.1, 0.15) is 5.75 Å². The van der Waals surface area contributed by atoms with Crippen LogP contribution >= 0.6 is 23.2 Å². The first-order valence-corrected chi connectivity index (χ1v) is 11.5. The van der Waals surface area contributed by atoms with Crippen molar-refractivity contribution in [3.63, 3.8) is 0 Å². The lowest BCUT2D eigenvalue weighted by atomic mass is 9.66. The molecule has 1 aliphatic carbocycles. The fourth-order valence-corrected chi connectivity index (χ4v) is 5.58. The van der Waals surface area contributed by atoms with Gasteiger partial charge < -0.3 is 15.2 Å². The molecule has 1 amide bonds. The van der Waals surface area contributed by atoms with Gasteiger partial charge in [0, 0.05) is 23.5 Å². The molecule has 0 radical (unpaired) electrons. The summed E-state index contributed by atoms with van der Waals surface area (Å²) in [4.78, 5) is 15.1. The number of rotatable bonds is 5. The highest BCUT2D eigenvalue weighted by Gasteiger charge is 2.49. The van der Waals surface area contributed by atoms with Crippen LogP contribution < -0.4 is 10.1 Å². The molecule has 2 fully saturated rings. The zero-order valence-electron chi connectivity index (χ0n) is 17.6. The molecule has 0 bridgehead atoms. The van der Waals surface area contributed by atoms with E-state index >= 15 is 0 Å². The zero-order valence-corrected chi connectivity index (χ0v) is 19.1. The molecule has 3 atom stereocenters. The fourth-order valence-electron chi connectivity index (χ4n) is 5.13. The summed E-state index contributed by atoms with van der Waals surface area (Å²) >= 11 is 12.2. The molecule has 0 unspecified atom stereocenters. The molecule has 1 aliphatic heterocycles. The Labute approximate surface area is 193 Å². The number of ether oxygens (including phenoxy) is 1. The Balaban J connectivity index is 1.57. The van der Waals surface area contributed by atoms with Crippen molar-refractivity contribution in [2.75, 3.05) is 25.5 Å². The van der Waals surface area contributed by atoms with Gasteiger partial charge in [0.25, 0.3) is 0 Å². The molecule has 0 spiro atoms. The number of nitrogens with one attached hydrogen (secondary N) is 1. The maximum atomic E-state index is 12.9. The quantitative estimate of drug-likeness (QED) is 0.631. The van der Waals surface area contributed by atoms with Crippen molar-refractivity contribution in [3.8, 4) is 5.75 Å². The van der Waals surface area contributed by atoms with Gasteiger partial charge in [-0.25, -0.2) is 0 Å². The third-order valence-corrected chi connectivity index (χ3v) is 7.23. The van der Waals surface area contributed by atoms with Crippen molar-refractivity contribution in [3.05, 3.63) is 58.1 Å². The molecule has 2 aromatic rings. The van der Waals surface area contributed by atoms with Crippen molar-refractivity contribution in [2.45, 2.75) is 43.7 Å². The predicted molar refractivity (Wildman–Crippen MR) is 124 cm³/mol. The third kappa shape index (κ3) is 4.85. The van der Waals surface area contributed by atoms with E-state index in [1.54, 1.807) is 25.3 Å². The Hall–Kier alpha value is -1.79. The predicted octanol–water partition coefficient (Wildman–Crippen LogP) is 5.31. The van der Waals surface area contributed by atoms with Gasteiger partial charge in [-0.2, -0.15) is 0 Å². The topological polar surface area (TPSA) is 61.8 Å². The van der Waals surface area contributed by atoms with Crippen LogP contribution in [0.15, 0.2) is 42.5 Å². The summed E-state index contributed by atoms with van der Waals surface area (Å²) in [5.41, 5.74) is 0.973. The monoisotopic (exact) mass is 462 g/mol. The SMILES string of the molecule is COc1ccc([C@H]2[C@@H]3CCCC[C@@]3(O)CCN2CC(=O)Nc2ccc(Cl)cc2Cl)cc1. The number of methoxy groups -OCH3 is 1. The Bertz CT molecular complexity index is 937. The lowest BCUT2D eigenvalue weighted by molar-refractivity contribution is -0.135. The maximum Gasteiger partial charge on any atom is 0.238 e. The summed E-state index contributed by atoms with van der Waals surface area (Å²) in [6, 6.07) is 13.0. The van der Waals surface area contributed by atoms with Gasteiger partial charge in [-0.3, -0.25) is 9.69 Å². The van der Waals surface area contributed by atoms with Gasteiger partial charge >= 0.3 is 0 Å². The molecule has 4 rings (SSSR count). The normalized spacial score (nSPS) is 26.2. The number of fused-ring (bicyclic) bond motifs is 1. The van der Waals surface area contributed by atoms with E-state index in [4.69, 9.17) is 27.9 Å². The zero-order chi connectivity index (χ0) is 22.0. The van der Waals surface area contributed by atoms with Gasteiger partial charge in [-0.05, 0) is 55.2 Å². The van der Waals surface area contributed by atoms with E-state index in [1.807, 2.05) is 24.3 Å². The molecule has 2 aliphatic rings. The minimum atomic E-state index is -0.671.